The van der Waals surface area contributed by atoms with Crippen LogP contribution in [0, 0.1) is 0 Å². The van der Waals surface area contributed by atoms with Crippen LogP contribution in [0.1, 0.15) is 63.0 Å². The highest BCUT2D eigenvalue weighted by Gasteiger charge is 2.30. The lowest BCUT2D eigenvalue weighted by molar-refractivity contribution is -0.137. The number of benzene rings is 1. The summed E-state index contributed by atoms with van der Waals surface area (Å²) in [5.41, 5.74) is 1.97. The van der Waals surface area contributed by atoms with Gasteiger partial charge in [0.1, 0.15) is 0 Å². The predicted molar refractivity (Wildman–Crippen MR) is 89.1 cm³/mol. The van der Waals surface area contributed by atoms with Crippen molar-refractivity contribution in [3.05, 3.63) is 46.7 Å². The zero-order valence-electron chi connectivity index (χ0n) is 14.0. The van der Waals surface area contributed by atoms with Crippen molar-refractivity contribution in [3.63, 3.8) is 0 Å². The highest BCUT2D eigenvalue weighted by molar-refractivity contribution is 6.05. The number of halogens is 3. The van der Waals surface area contributed by atoms with Crippen LogP contribution >= 0.6 is 0 Å². The number of Topliss-reactive ketones (excluding diaryl/α,β-unsaturated/α-hetero) is 1. The van der Waals surface area contributed by atoms with Crippen LogP contribution in [0.15, 0.2) is 40.5 Å². The zero-order chi connectivity index (χ0) is 17.7. The first kappa shape index (κ1) is 18.4. The molecule has 24 heavy (non-hydrogen) atoms. The van der Waals surface area contributed by atoms with Crippen molar-refractivity contribution in [1.29, 1.82) is 0 Å². The van der Waals surface area contributed by atoms with Crippen molar-refractivity contribution in [2.45, 2.75) is 58.0 Å². The minimum absolute atomic E-state index is 0.151. The fourth-order valence-corrected chi connectivity index (χ4v) is 2.96. The molecule has 0 saturated carbocycles. The van der Waals surface area contributed by atoms with Gasteiger partial charge in [0.2, 0.25) is 0 Å². The summed E-state index contributed by atoms with van der Waals surface area (Å²) in [5, 5.41) is 0. The Morgan fingerprint density at radius 3 is 2.46 bits per heavy atom. The highest BCUT2D eigenvalue weighted by Crippen LogP contribution is 2.31. The second kappa shape index (κ2) is 7.77. The van der Waals surface area contributed by atoms with E-state index in [0.717, 1.165) is 48.2 Å². The maximum atomic E-state index is 12.6. The monoisotopic (exact) mass is 337 g/mol. The van der Waals surface area contributed by atoms with Crippen molar-refractivity contribution >= 4 is 12.0 Å². The lowest BCUT2D eigenvalue weighted by atomic mass is 9.92. The van der Waals surface area contributed by atoms with E-state index in [-0.39, 0.29) is 11.7 Å². The van der Waals surface area contributed by atoms with E-state index in [2.05, 4.69) is 4.99 Å². The standard InChI is InChI=1S/C19H22F3NO/c1-3-16-17(23-12-11-18(16)24)6-4-5-13(2)14-7-9-15(10-8-14)19(20,21)22/h7-10,12-13H,3-6,11H2,1-2H3. The van der Waals surface area contributed by atoms with Crippen LogP contribution in [0.5, 0.6) is 0 Å². The van der Waals surface area contributed by atoms with Gasteiger partial charge in [-0.3, -0.25) is 9.79 Å². The fourth-order valence-electron chi connectivity index (χ4n) is 2.96. The molecule has 130 valence electrons. The first-order valence-electron chi connectivity index (χ1n) is 8.27. The molecule has 1 aliphatic rings. The summed E-state index contributed by atoms with van der Waals surface area (Å²) in [5.74, 6) is 0.319. The van der Waals surface area contributed by atoms with Crippen LogP contribution in [-0.2, 0) is 11.0 Å². The van der Waals surface area contributed by atoms with Gasteiger partial charge in [0.15, 0.2) is 5.78 Å². The fraction of sp³-hybridized carbons (Fsp3) is 0.474. The molecule has 0 aliphatic carbocycles. The third-order valence-electron chi connectivity index (χ3n) is 4.42. The van der Waals surface area contributed by atoms with E-state index in [1.54, 1.807) is 18.3 Å². The molecule has 1 aromatic rings. The number of carbonyl (C=O) groups is 1. The van der Waals surface area contributed by atoms with Crippen molar-refractivity contribution in [1.82, 2.24) is 0 Å². The number of hydrogen-bond donors (Lipinski definition) is 0. The molecule has 0 spiro atoms. The Morgan fingerprint density at radius 1 is 1.21 bits per heavy atom. The van der Waals surface area contributed by atoms with Gasteiger partial charge >= 0.3 is 6.18 Å². The van der Waals surface area contributed by atoms with E-state index in [9.17, 15) is 18.0 Å². The van der Waals surface area contributed by atoms with E-state index < -0.39 is 11.7 Å². The molecule has 0 N–H and O–H groups in total. The summed E-state index contributed by atoms with van der Waals surface area (Å²) in [6.45, 7) is 3.96. The van der Waals surface area contributed by atoms with Crippen LogP contribution in [0.25, 0.3) is 0 Å². The normalized spacial score (nSPS) is 16.6. The summed E-state index contributed by atoms with van der Waals surface area (Å²) in [6, 6.07) is 5.36. The molecule has 1 aromatic carbocycles. The molecule has 1 atom stereocenters. The van der Waals surface area contributed by atoms with E-state index in [0.29, 0.717) is 12.8 Å². The highest BCUT2D eigenvalue weighted by atomic mass is 19.4. The maximum absolute atomic E-state index is 12.6. The third kappa shape index (κ3) is 4.56. The molecule has 0 amide bonds. The van der Waals surface area contributed by atoms with E-state index in [1.807, 2.05) is 13.8 Å². The first-order chi connectivity index (χ1) is 11.3. The molecule has 0 aromatic heterocycles. The second-order valence-electron chi connectivity index (χ2n) is 6.13. The van der Waals surface area contributed by atoms with Crippen molar-refractivity contribution in [2.24, 2.45) is 4.99 Å². The third-order valence-corrected chi connectivity index (χ3v) is 4.42. The Bertz CT molecular complexity index is 642. The number of rotatable bonds is 6. The van der Waals surface area contributed by atoms with Crippen LogP contribution in [0.2, 0.25) is 0 Å². The average Bonchev–Trinajstić information content (AvgIpc) is 2.54. The van der Waals surface area contributed by atoms with Crippen LogP contribution in [0.4, 0.5) is 13.2 Å². The molecule has 0 radical (unpaired) electrons. The molecule has 0 bridgehead atoms. The van der Waals surface area contributed by atoms with Crippen LogP contribution in [-0.4, -0.2) is 12.0 Å². The number of carbonyl (C=O) groups excluding carboxylic acids is 1. The number of alkyl halides is 3. The summed E-state index contributed by atoms with van der Waals surface area (Å²) < 4.78 is 37.8. The summed E-state index contributed by atoms with van der Waals surface area (Å²) >= 11 is 0. The van der Waals surface area contributed by atoms with Gasteiger partial charge in [-0.2, -0.15) is 13.2 Å². The Kier molecular flexibility index (Phi) is 5.97. The largest absolute Gasteiger partial charge is 0.416 e. The zero-order valence-corrected chi connectivity index (χ0v) is 14.0. The van der Waals surface area contributed by atoms with Gasteiger partial charge < -0.3 is 0 Å². The summed E-state index contributed by atoms with van der Waals surface area (Å²) in [4.78, 5) is 16.2. The number of ketones is 1. The summed E-state index contributed by atoms with van der Waals surface area (Å²) in [7, 11) is 0. The van der Waals surface area contributed by atoms with Gasteiger partial charge in [0.25, 0.3) is 0 Å². The summed E-state index contributed by atoms with van der Waals surface area (Å²) in [6.07, 6.45) is 0.874. The average molecular weight is 337 g/mol. The molecule has 1 aliphatic heterocycles. The number of aliphatic imine (C=N–C) groups is 1. The Labute approximate surface area is 140 Å². The van der Waals surface area contributed by atoms with Gasteiger partial charge in [0, 0.05) is 23.9 Å². The minimum Gasteiger partial charge on any atom is -0.294 e. The Morgan fingerprint density at radius 2 is 1.88 bits per heavy atom. The minimum atomic E-state index is -4.30. The van der Waals surface area contributed by atoms with Gasteiger partial charge in [-0.25, -0.2) is 0 Å². The SMILES string of the molecule is CCC1=C(CCCC(C)c2ccc(C(F)(F)F)cc2)N=CCC1=O. The van der Waals surface area contributed by atoms with Gasteiger partial charge in [-0.15, -0.1) is 0 Å². The molecule has 1 heterocycles. The van der Waals surface area contributed by atoms with Crippen LogP contribution in [0.3, 0.4) is 0 Å². The molecule has 5 heteroatoms. The van der Waals surface area contributed by atoms with Gasteiger partial charge in [-0.05, 0) is 49.3 Å². The number of hydrogen-bond acceptors (Lipinski definition) is 2. The quantitative estimate of drug-likeness (QED) is 0.656. The number of nitrogens with zero attached hydrogens (tertiary/aromatic N) is 1. The molecule has 0 fully saturated rings. The Balaban J connectivity index is 1.92. The molecule has 0 saturated heterocycles. The molecular formula is C19H22F3NO. The van der Waals surface area contributed by atoms with E-state index in [1.165, 1.54) is 0 Å². The molecule has 2 rings (SSSR count). The first-order valence-corrected chi connectivity index (χ1v) is 8.27. The van der Waals surface area contributed by atoms with Gasteiger partial charge in [-0.1, -0.05) is 26.0 Å². The maximum Gasteiger partial charge on any atom is 0.416 e. The number of allylic oxidation sites excluding steroid dienone is 2. The molecule has 1 unspecified atom stereocenters. The second-order valence-corrected chi connectivity index (χ2v) is 6.13. The van der Waals surface area contributed by atoms with Crippen molar-refractivity contribution < 1.29 is 18.0 Å². The van der Waals surface area contributed by atoms with E-state index in [4.69, 9.17) is 0 Å². The van der Waals surface area contributed by atoms with Gasteiger partial charge in [0.05, 0.1) is 5.56 Å². The molecular weight excluding hydrogens is 315 g/mol. The van der Waals surface area contributed by atoms with Crippen molar-refractivity contribution in [3.8, 4) is 0 Å². The van der Waals surface area contributed by atoms with Crippen molar-refractivity contribution in [2.75, 3.05) is 0 Å². The lowest BCUT2D eigenvalue weighted by Crippen LogP contribution is -2.10. The Hall–Kier alpha value is -1.91. The van der Waals surface area contributed by atoms with Crippen LogP contribution < -0.4 is 0 Å². The lowest BCUT2D eigenvalue weighted by Gasteiger charge is -2.16. The van der Waals surface area contributed by atoms with E-state index >= 15 is 0 Å². The predicted octanol–water partition coefficient (Wildman–Crippen LogP) is 5.69. The topological polar surface area (TPSA) is 29.4 Å². The molecule has 2 nitrogen and oxygen atoms in total. The smallest absolute Gasteiger partial charge is 0.294 e.